The van der Waals surface area contributed by atoms with Gasteiger partial charge in [0.25, 0.3) is 0 Å². The fourth-order valence-corrected chi connectivity index (χ4v) is 2.64. The van der Waals surface area contributed by atoms with Crippen LogP contribution < -0.4 is 10.5 Å². The van der Waals surface area contributed by atoms with Gasteiger partial charge in [-0.15, -0.1) is 0 Å². The highest BCUT2D eigenvalue weighted by Crippen LogP contribution is 2.31. The van der Waals surface area contributed by atoms with E-state index in [1.54, 1.807) is 17.0 Å². The molecule has 1 N–H and O–H groups in total. The van der Waals surface area contributed by atoms with Gasteiger partial charge < -0.3 is 14.4 Å². The van der Waals surface area contributed by atoms with Crippen LogP contribution in [0.25, 0.3) is 11.0 Å². The second-order valence-electron chi connectivity index (χ2n) is 4.64. The molecule has 1 atom stereocenters. The van der Waals surface area contributed by atoms with Gasteiger partial charge in [0, 0.05) is 18.0 Å². The fraction of sp³-hybridized carbons (Fsp3) is 0.286. The molecule has 0 aliphatic carbocycles. The van der Waals surface area contributed by atoms with E-state index in [-0.39, 0.29) is 0 Å². The lowest BCUT2D eigenvalue weighted by Crippen LogP contribution is -2.36. The number of anilines is 1. The highest BCUT2D eigenvalue weighted by Gasteiger charge is 2.31. The van der Waals surface area contributed by atoms with Crippen LogP contribution in [0.5, 0.6) is 0 Å². The summed E-state index contributed by atoms with van der Waals surface area (Å²) < 4.78 is 5.13. The molecule has 1 aromatic heterocycles. The summed E-state index contributed by atoms with van der Waals surface area (Å²) in [6, 6.07) is 8.00. The molecule has 2 heterocycles. The molecule has 0 radical (unpaired) electrons. The minimum atomic E-state index is -0.852. The Morgan fingerprint density at radius 3 is 2.95 bits per heavy atom. The van der Waals surface area contributed by atoms with E-state index >= 15 is 0 Å². The van der Waals surface area contributed by atoms with Crippen LogP contribution in [0, 0.1) is 0 Å². The van der Waals surface area contributed by atoms with E-state index in [0.29, 0.717) is 24.2 Å². The van der Waals surface area contributed by atoms with Crippen LogP contribution in [0.3, 0.4) is 0 Å². The predicted octanol–water partition coefficient (Wildman–Crippen LogP) is 1.85. The molecule has 2 aromatic rings. The number of nitrogens with zero attached hydrogens (tertiary/aromatic N) is 1. The van der Waals surface area contributed by atoms with E-state index in [9.17, 15) is 14.7 Å². The minimum Gasteiger partial charge on any atom is -0.480 e. The van der Waals surface area contributed by atoms with E-state index in [4.69, 9.17) is 4.42 Å². The highest BCUT2D eigenvalue weighted by molar-refractivity contribution is 5.92. The maximum atomic E-state index is 11.6. The Kier molecular flexibility index (Phi) is 2.74. The summed E-state index contributed by atoms with van der Waals surface area (Å²) in [7, 11) is 0. The topological polar surface area (TPSA) is 70.8 Å². The summed E-state index contributed by atoms with van der Waals surface area (Å²) in [6.07, 6.45) is 1.41. The van der Waals surface area contributed by atoms with E-state index in [1.165, 1.54) is 6.07 Å². The lowest BCUT2D eigenvalue weighted by Gasteiger charge is -2.24. The van der Waals surface area contributed by atoms with Crippen LogP contribution in [0.4, 0.5) is 5.69 Å². The number of carboxylic acids is 1. The number of aliphatic carboxylic acids is 1. The Bertz CT molecular complexity index is 691. The van der Waals surface area contributed by atoms with Crippen LogP contribution in [-0.2, 0) is 4.79 Å². The van der Waals surface area contributed by atoms with E-state index in [0.717, 1.165) is 11.8 Å². The predicted molar refractivity (Wildman–Crippen MR) is 70.5 cm³/mol. The number of carbonyl (C=O) groups is 1. The zero-order valence-corrected chi connectivity index (χ0v) is 10.2. The number of benzene rings is 1. The van der Waals surface area contributed by atoms with Crippen LogP contribution in [-0.4, -0.2) is 23.7 Å². The van der Waals surface area contributed by atoms with Gasteiger partial charge >= 0.3 is 11.6 Å². The number of hydrogen-bond donors (Lipinski definition) is 1. The Balaban J connectivity index is 2.19. The number of rotatable bonds is 2. The second kappa shape index (κ2) is 4.42. The van der Waals surface area contributed by atoms with Crippen molar-refractivity contribution in [3.8, 4) is 0 Å². The van der Waals surface area contributed by atoms with Gasteiger partial charge in [-0.1, -0.05) is 12.1 Å². The first-order valence-electron chi connectivity index (χ1n) is 6.19. The largest absolute Gasteiger partial charge is 0.480 e. The zero-order chi connectivity index (χ0) is 13.4. The van der Waals surface area contributed by atoms with Gasteiger partial charge in [-0.25, -0.2) is 9.59 Å². The molecule has 19 heavy (non-hydrogen) atoms. The smallest absolute Gasteiger partial charge is 0.338 e. The fourth-order valence-electron chi connectivity index (χ4n) is 2.64. The molecular weight excluding hydrogens is 246 g/mol. The summed E-state index contributed by atoms with van der Waals surface area (Å²) in [5, 5.41) is 10.0. The molecule has 5 heteroatoms. The first kappa shape index (κ1) is 11.8. The van der Waals surface area contributed by atoms with Crippen molar-refractivity contribution in [1.82, 2.24) is 0 Å². The first-order chi connectivity index (χ1) is 9.16. The molecule has 0 amide bonds. The van der Waals surface area contributed by atoms with Gasteiger partial charge in [0.2, 0.25) is 0 Å². The van der Waals surface area contributed by atoms with Crippen LogP contribution in [0.1, 0.15) is 12.8 Å². The van der Waals surface area contributed by atoms with Gasteiger partial charge in [-0.2, -0.15) is 0 Å². The molecule has 1 saturated heterocycles. The van der Waals surface area contributed by atoms with Crippen molar-refractivity contribution in [1.29, 1.82) is 0 Å². The summed E-state index contributed by atoms with van der Waals surface area (Å²) in [4.78, 5) is 24.6. The molecule has 1 fully saturated rings. The van der Waals surface area contributed by atoms with Crippen molar-refractivity contribution < 1.29 is 14.3 Å². The molecule has 3 rings (SSSR count). The minimum absolute atomic E-state index is 0.454. The maximum absolute atomic E-state index is 11.6. The first-order valence-corrected chi connectivity index (χ1v) is 6.19. The lowest BCUT2D eigenvalue weighted by molar-refractivity contribution is -0.138. The van der Waals surface area contributed by atoms with Crippen molar-refractivity contribution in [3.63, 3.8) is 0 Å². The van der Waals surface area contributed by atoms with Gasteiger partial charge in [-0.05, 0) is 25.0 Å². The summed E-state index contributed by atoms with van der Waals surface area (Å²) in [5.74, 6) is -0.852. The quantitative estimate of drug-likeness (QED) is 0.833. The number of para-hydroxylation sites is 1. The summed E-state index contributed by atoms with van der Waals surface area (Å²) >= 11 is 0. The van der Waals surface area contributed by atoms with Crippen LogP contribution in [0.15, 0.2) is 39.5 Å². The molecule has 5 nitrogen and oxygen atoms in total. The lowest BCUT2D eigenvalue weighted by atomic mass is 10.1. The van der Waals surface area contributed by atoms with Crippen molar-refractivity contribution in [2.75, 3.05) is 11.4 Å². The normalized spacial score (nSPS) is 18.9. The van der Waals surface area contributed by atoms with Crippen LogP contribution >= 0.6 is 0 Å². The third kappa shape index (κ3) is 1.97. The van der Waals surface area contributed by atoms with Crippen molar-refractivity contribution >= 4 is 22.6 Å². The molecule has 0 saturated carbocycles. The van der Waals surface area contributed by atoms with Gasteiger partial charge in [0.05, 0.1) is 5.69 Å². The summed E-state index contributed by atoms with van der Waals surface area (Å²) in [5.41, 5.74) is 0.683. The molecule has 1 unspecified atom stereocenters. The molecule has 98 valence electrons. The van der Waals surface area contributed by atoms with Crippen molar-refractivity contribution in [2.45, 2.75) is 18.9 Å². The number of hydrogen-bond acceptors (Lipinski definition) is 4. The van der Waals surface area contributed by atoms with Gasteiger partial charge in [-0.3, -0.25) is 0 Å². The highest BCUT2D eigenvalue weighted by atomic mass is 16.4. The summed E-state index contributed by atoms with van der Waals surface area (Å²) in [6.45, 7) is 0.643. The standard InChI is InChI=1S/C14H13NO4/c16-13-8-11(9-4-1-2-6-12(9)19-13)15-7-3-5-10(15)14(17)18/h1-2,4,6,8,10H,3,5,7H2,(H,17,18). The zero-order valence-electron chi connectivity index (χ0n) is 10.2. The average Bonchev–Trinajstić information content (AvgIpc) is 2.86. The SMILES string of the molecule is O=C(O)C1CCCN1c1cc(=O)oc2ccccc12. The third-order valence-electron chi connectivity index (χ3n) is 3.48. The Labute approximate surface area is 109 Å². The molecule has 0 spiro atoms. The number of fused-ring (bicyclic) bond motifs is 1. The molecule has 1 aromatic carbocycles. The van der Waals surface area contributed by atoms with E-state index in [1.807, 2.05) is 12.1 Å². The maximum Gasteiger partial charge on any atom is 0.338 e. The third-order valence-corrected chi connectivity index (χ3v) is 3.48. The van der Waals surface area contributed by atoms with Crippen molar-refractivity contribution in [3.05, 3.63) is 40.8 Å². The molecule has 1 aliphatic rings. The second-order valence-corrected chi connectivity index (χ2v) is 4.64. The Hall–Kier alpha value is -2.30. The molecular formula is C14H13NO4. The van der Waals surface area contributed by atoms with Gasteiger partial charge in [0.1, 0.15) is 11.6 Å². The van der Waals surface area contributed by atoms with Crippen molar-refractivity contribution in [2.24, 2.45) is 0 Å². The molecule has 0 bridgehead atoms. The van der Waals surface area contributed by atoms with E-state index < -0.39 is 17.6 Å². The van der Waals surface area contributed by atoms with Gasteiger partial charge in [0.15, 0.2) is 0 Å². The van der Waals surface area contributed by atoms with Crippen LogP contribution in [0.2, 0.25) is 0 Å². The molecule has 1 aliphatic heterocycles. The number of carboxylic acid groups (broad SMARTS) is 1. The van der Waals surface area contributed by atoms with E-state index in [2.05, 4.69) is 0 Å². The monoisotopic (exact) mass is 259 g/mol. The Morgan fingerprint density at radius 1 is 1.37 bits per heavy atom. The Morgan fingerprint density at radius 2 is 2.16 bits per heavy atom. The average molecular weight is 259 g/mol.